The zero-order valence-electron chi connectivity index (χ0n) is 63.6. The SMILES string of the molecule is C=C(NC(=O)C(=C)NC(=O)c1csc(C2=N[C@@H]3c4csc(n4)[C@H]4NC(=O)c5csc(n5)[C@H]([C@](C)(O)[C@@H](C)O)NC(=O)[C@H]5CSC(=N5)/C(=C/C)NC(=O)[C@H](C(C)C)NC(=O)c5csc(n5)[C@]3(CC2)NC(=O)[C@H](C)NC(=O)C(=C)NC(=O)[C@H](C)NC(=O)[C@H]([C@@H](C)CC)N[C@@H]2C=Cc3c([C@H](C)O)cc(nc3[C@H]2O)C(=O)O[C@@H]4C)n1)C(N)=O. The lowest BCUT2D eigenvalue weighted by atomic mass is 9.80. The van der Waals surface area contributed by atoms with Crippen molar-refractivity contribution in [3.63, 3.8) is 0 Å². The Morgan fingerprint density at radius 3 is 2.12 bits per heavy atom. The number of aliphatic hydroxyl groups is 4. The first-order valence-electron chi connectivity index (χ1n) is 35.9. The number of hydrogen-bond donors (Lipinski definition) is 16. The first-order chi connectivity index (χ1) is 53.7. The summed E-state index contributed by atoms with van der Waals surface area (Å²) in [4.78, 5) is 204. The Morgan fingerprint density at radius 1 is 0.763 bits per heavy atom. The van der Waals surface area contributed by atoms with Gasteiger partial charge in [0.15, 0.2) is 0 Å². The quantitative estimate of drug-likeness (QED) is 0.0628. The van der Waals surface area contributed by atoms with Crippen molar-refractivity contribution in [2.45, 2.75) is 185 Å². The fraction of sp³-hybridized carbons (Fsp3) is 0.438. The molecule has 16 atom stereocenters. The van der Waals surface area contributed by atoms with Gasteiger partial charge in [-0.2, -0.15) is 0 Å². The van der Waals surface area contributed by atoms with Crippen molar-refractivity contribution in [2.24, 2.45) is 27.6 Å². The minimum Gasteiger partial charge on any atom is -0.455 e. The van der Waals surface area contributed by atoms with Gasteiger partial charge in [0.1, 0.15) is 113 Å². The molecule has 11 amide bonds. The Bertz CT molecular complexity index is 4880. The van der Waals surface area contributed by atoms with Crippen molar-refractivity contribution < 1.29 is 82.7 Å². The summed E-state index contributed by atoms with van der Waals surface area (Å²) in [5.41, 5.74) is -1.31. The fourth-order valence-corrected chi connectivity index (χ4v) is 17.3. The number of allylic oxidation sites excluding steroid dienone is 1. The van der Waals surface area contributed by atoms with E-state index in [2.05, 4.69) is 98.2 Å². The number of amides is 11. The maximum Gasteiger partial charge on any atom is 0.357 e. The molecule has 0 fully saturated rings. The van der Waals surface area contributed by atoms with Gasteiger partial charge in [0, 0.05) is 32.8 Å². The number of esters is 1. The maximum atomic E-state index is 15.4. The molecule has 0 spiro atoms. The van der Waals surface area contributed by atoms with Crippen LogP contribution in [0.2, 0.25) is 0 Å². The largest absolute Gasteiger partial charge is 0.455 e. The summed E-state index contributed by atoms with van der Waals surface area (Å²) < 4.78 is 6.28. The Balaban J connectivity index is 1.18. The van der Waals surface area contributed by atoms with Gasteiger partial charge in [-0.3, -0.25) is 68.0 Å². The number of cyclic esters (lactones) is 1. The van der Waals surface area contributed by atoms with Crippen LogP contribution in [0.15, 0.2) is 92.2 Å². The number of rotatable bonds is 12. The number of nitrogens with zero attached hydrogens (tertiary/aromatic N) is 7. The Hall–Kier alpha value is -10.5. The maximum absolute atomic E-state index is 15.4. The summed E-state index contributed by atoms with van der Waals surface area (Å²) >= 11 is 4.61. The van der Waals surface area contributed by atoms with Crippen LogP contribution >= 0.6 is 57.1 Å². The third-order valence-electron chi connectivity index (χ3n) is 19.7. The van der Waals surface area contributed by atoms with Crippen molar-refractivity contribution in [1.82, 2.24) is 83.4 Å². The molecule has 4 aliphatic heterocycles. The summed E-state index contributed by atoms with van der Waals surface area (Å²) in [6, 6.07) is -10.9. The highest BCUT2D eigenvalue weighted by molar-refractivity contribution is 8.14. The van der Waals surface area contributed by atoms with Crippen LogP contribution in [-0.4, -0.2) is 187 Å². The molecule has 0 unspecified atom stereocenters. The standard InChI is InChI=1S/C73H87N19O17S5/c1-15-28(5)49-65(106)79-32(9)58(99)76-30(7)57(98)77-33(10)59(100)92-73-20-19-41(67-86-44(23-111-67)60(101)78-31(8)56(97)75-29(6)55(74)96)82-53(73)43-22-112-68(84-43)50(35(12)109-70(107)42-21-38(34(11)93)37-17-18-40(80-49)52(95)51(37)81-42)90-61(102)45-25-113-69(87-45)54(72(14,108)36(13)94)91-63(104)46-24-110-66(85-46)39(16-2)83-64(105)48(27(3)4)89-62(103)47-26-114-71(73)88-47/h16-18,21-23,25-28,32-36,40,46,48-50,52-54,80,93-95,108H,6-8,15,19-20,24H2,1-5,9-14H3,(H2,74,96)(H,75,97)(H,76,99)(H,77,98)(H,78,101)(H,79,106)(H,83,105)(H,89,103)(H,90,102)(H,91,104)(H,92,100)/b39-16-/t28-,32-,33-,34-,35+,36+,40+,46+,48-,49-,50-,52-,53+,54+,72+,73+/m0/s1. The van der Waals surface area contributed by atoms with Gasteiger partial charge < -0.3 is 84.1 Å². The second-order valence-electron chi connectivity index (χ2n) is 28.3. The van der Waals surface area contributed by atoms with Crippen molar-refractivity contribution in [3.8, 4) is 0 Å². The minimum atomic E-state index is -2.18. The van der Waals surface area contributed by atoms with Crippen molar-refractivity contribution >= 4 is 145 Å². The first-order valence-corrected chi connectivity index (χ1v) is 40.5. The van der Waals surface area contributed by atoms with Crippen LogP contribution < -0.4 is 64.2 Å². The van der Waals surface area contributed by atoms with E-state index < -0.39 is 196 Å². The number of nitrogens with one attached hydrogen (secondary N) is 11. The van der Waals surface area contributed by atoms with Gasteiger partial charge in [0.2, 0.25) is 29.5 Å². The molecule has 17 N–H and O–H groups in total. The number of thiazole rings is 4. The lowest BCUT2D eigenvalue weighted by Gasteiger charge is -2.41. The zero-order valence-corrected chi connectivity index (χ0v) is 67.7. The number of nitrogens with two attached hydrogens (primary N) is 1. The minimum absolute atomic E-state index is 0.0298. The molecule has 10 rings (SSSR count). The van der Waals surface area contributed by atoms with Gasteiger partial charge in [-0.1, -0.05) is 72.1 Å². The number of primary amides is 1. The molecule has 5 aromatic heterocycles. The molecule has 5 aromatic rings. The van der Waals surface area contributed by atoms with Crippen LogP contribution in [0.3, 0.4) is 0 Å². The summed E-state index contributed by atoms with van der Waals surface area (Å²) in [5.74, 6) is -12.1. The molecular formula is C73H87N19O17S5. The van der Waals surface area contributed by atoms with Gasteiger partial charge >= 0.3 is 5.97 Å². The Kier molecular flexibility index (Phi) is 26.7. The lowest BCUT2D eigenvalue weighted by Crippen LogP contribution is -2.57. The molecular weight excluding hydrogens is 1580 g/mol. The number of ether oxygens (including phenoxy) is 1. The van der Waals surface area contributed by atoms with Gasteiger partial charge in [-0.05, 0) is 84.8 Å². The van der Waals surface area contributed by atoms with E-state index in [0.717, 1.165) is 57.1 Å². The van der Waals surface area contributed by atoms with Crippen LogP contribution in [-0.2, 0) is 48.6 Å². The van der Waals surface area contributed by atoms with Crippen LogP contribution in [0.4, 0.5) is 0 Å². The van der Waals surface area contributed by atoms with E-state index in [1.54, 1.807) is 45.9 Å². The van der Waals surface area contributed by atoms with E-state index in [9.17, 15) is 63.6 Å². The molecule has 5 aliphatic rings. The number of pyridine rings is 1. The lowest BCUT2D eigenvalue weighted by molar-refractivity contribution is -0.131. The molecule has 0 saturated carbocycles. The summed E-state index contributed by atoms with van der Waals surface area (Å²) in [6.07, 6.45) is -1.34. The average Bonchev–Trinajstić information content (AvgIpc) is 1.50. The highest BCUT2D eigenvalue weighted by Gasteiger charge is 2.51. The van der Waals surface area contributed by atoms with E-state index in [1.807, 2.05) is 6.92 Å². The second-order valence-corrected chi connectivity index (χ2v) is 32.8. The van der Waals surface area contributed by atoms with Crippen LogP contribution in [0, 0.1) is 11.8 Å². The molecule has 36 nitrogen and oxygen atoms in total. The molecule has 0 radical (unpaired) electrons. The first kappa shape index (κ1) is 85.9. The second kappa shape index (κ2) is 35.5. The van der Waals surface area contributed by atoms with E-state index in [4.69, 9.17) is 25.4 Å². The Morgan fingerprint density at radius 2 is 1.45 bits per heavy atom. The van der Waals surface area contributed by atoms with Crippen LogP contribution in [0.1, 0.15) is 210 Å². The number of thioether (sulfide) groups is 1. The number of fused-ring (bicyclic) bond motifs is 7. The van der Waals surface area contributed by atoms with E-state index in [0.29, 0.717) is 6.42 Å². The number of carbonyl (C=O) groups is 12. The smallest absolute Gasteiger partial charge is 0.357 e. The molecule has 114 heavy (non-hydrogen) atoms. The average molecular weight is 1660 g/mol. The summed E-state index contributed by atoms with van der Waals surface area (Å²) in [6.45, 7) is 27.3. The van der Waals surface area contributed by atoms with Crippen molar-refractivity contribution in [3.05, 3.63) is 148 Å². The van der Waals surface area contributed by atoms with Crippen LogP contribution in [0.25, 0.3) is 6.08 Å². The van der Waals surface area contributed by atoms with Gasteiger partial charge in [0.25, 0.3) is 35.4 Å². The normalized spacial score (nSPS) is 26.6. The third kappa shape index (κ3) is 18.6. The number of carbonyl (C=O) groups excluding carboxylic acids is 12. The number of aliphatic imine (C=N–C) groups is 2. The Labute approximate surface area is 673 Å². The number of hydrogen-bond acceptors (Lipinski definition) is 30. The molecule has 606 valence electrons. The highest BCUT2D eigenvalue weighted by Crippen LogP contribution is 2.48. The molecule has 9 heterocycles. The topological polar surface area (TPSA) is 543 Å². The van der Waals surface area contributed by atoms with Gasteiger partial charge in [0.05, 0.1) is 64.2 Å². The van der Waals surface area contributed by atoms with Crippen LogP contribution in [0.5, 0.6) is 0 Å². The highest BCUT2D eigenvalue weighted by atomic mass is 32.2. The molecule has 0 saturated heterocycles. The molecule has 13 bridgehead atoms. The van der Waals surface area contributed by atoms with Crippen molar-refractivity contribution in [2.75, 3.05) is 5.75 Å². The number of aliphatic hydroxyl groups excluding tert-OH is 3. The van der Waals surface area contributed by atoms with E-state index in [1.165, 1.54) is 69.1 Å². The predicted molar refractivity (Wildman–Crippen MR) is 421 cm³/mol. The number of aromatic nitrogens is 5. The van der Waals surface area contributed by atoms with E-state index in [-0.39, 0.29) is 94.7 Å². The van der Waals surface area contributed by atoms with Gasteiger partial charge in [-0.25, -0.2) is 29.7 Å². The zero-order chi connectivity index (χ0) is 83.4. The van der Waals surface area contributed by atoms with Crippen molar-refractivity contribution in [1.29, 1.82) is 0 Å². The monoisotopic (exact) mass is 1660 g/mol. The third-order valence-corrected chi connectivity index (χ3v) is 24.5. The summed E-state index contributed by atoms with van der Waals surface area (Å²) in [7, 11) is 0. The molecule has 0 aromatic carbocycles. The molecule has 41 heteroatoms. The van der Waals surface area contributed by atoms with Gasteiger partial charge in [-0.15, -0.1) is 57.1 Å². The van der Waals surface area contributed by atoms with E-state index >= 15 is 14.4 Å². The predicted octanol–water partition coefficient (Wildman–Crippen LogP) is 2.05. The fourth-order valence-electron chi connectivity index (χ4n) is 12.5. The summed E-state index contributed by atoms with van der Waals surface area (Å²) in [5, 5.41) is 82.0. The molecule has 1 aliphatic carbocycles.